The van der Waals surface area contributed by atoms with Gasteiger partial charge in [0.1, 0.15) is 0 Å². The SMILES string of the molecule is COC1(C)CCCN(c2c(CN)cnc3ccccc23)C1. The van der Waals surface area contributed by atoms with Gasteiger partial charge < -0.3 is 15.4 Å². The summed E-state index contributed by atoms with van der Waals surface area (Å²) in [6.07, 6.45) is 4.14. The lowest BCUT2D eigenvalue weighted by Gasteiger charge is -2.41. The van der Waals surface area contributed by atoms with Crippen LogP contribution in [0.25, 0.3) is 10.9 Å². The second kappa shape index (κ2) is 5.62. The van der Waals surface area contributed by atoms with Crippen LogP contribution in [0.1, 0.15) is 25.3 Å². The van der Waals surface area contributed by atoms with Crippen LogP contribution in [0, 0.1) is 0 Å². The smallest absolute Gasteiger partial charge is 0.0825 e. The number of piperidine rings is 1. The molecule has 0 radical (unpaired) electrons. The van der Waals surface area contributed by atoms with E-state index in [4.69, 9.17) is 10.5 Å². The number of pyridine rings is 1. The van der Waals surface area contributed by atoms with E-state index in [-0.39, 0.29) is 5.60 Å². The molecule has 0 saturated carbocycles. The Morgan fingerprint density at radius 2 is 2.19 bits per heavy atom. The lowest BCUT2D eigenvalue weighted by molar-refractivity contribution is -0.00462. The van der Waals surface area contributed by atoms with Gasteiger partial charge in [-0.15, -0.1) is 0 Å². The number of fused-ring (bicyclic) bond motifs is 1. The molecular weight excluding hydrogens is 262 g/mol. The van der Waals surface area contributed by atoms with Crippen molar-refractivity contribution in [1.82, 2.24) is 4.98 Å². The number of nitrogens with zero attached hydrogens (tertiary/aromatic N) is 2. The van der Waals surface area contributed by atoms with Crippen LogP contribution < -0.4 is 10.6 Å². The molecule has 4 heteroatoms. The average Bonchev–Trinajstić information content (AvgIpc) is 2.53. The Hall–Kier alpha value is -1.65. The van der Waals surface area contributed by atoms with Gasteiger partial charge in [-0.05, 0) is 25.8 Å². The van der Waals surface area contributed by atoms with Crippen molar-refractivity contribution in [1.29, 1.82) is 0 Å². The summed E-state index contributed by atoms with van der Waals surface area (Å²) in [5, 5.41) is 1.18. The number of aromatic nitrogens is 1. The van der Waals surface area contributed by atoms with E-state index >= 15 is 0 Å². The van der Waals surface area contributed by atoms with Crippen molar-refractivity contribution in [2.75, 3.05) is 25.1 Å². The van der Waals surface area contributed by atoms with Crippen molar-refractivity contribution in [3.8, 4) is 0 Å². The zero-order valence-electron chi connectivity index (χ0n) is 12.8. The molecule has 0 aliphatic carbocycles. The number of hydrogen-bond donors (Lipinski definition) is 1. The van der Waals surface area contributed by atoms with Crippen molar-refractivity contribution >= 4 is 16.6 Å². The molecule has 4 nitrogen and oxygen atoms in total. The molecule has 2 aromatic rings. The highest BCUT2D eigenvalue weighted by atomic mass is 16.5. The first kappa shape index (κ1) is 14.3. The minimum atomic E-state index is -0.0888. The summed E-state index contributed by atoms with van der Waals surface area (Å²) in [5.74, 6) is 0. The maximum Gasteiger partial charge on any atom is 0.0825 e. The van der Waals surface area contributed by atoms with Crippen LogP contribution in [-0.2, 0) is 11.3 Å². The zero-order chi connectivity index (χ0) is 14.9. The highest BCUT2D eigenvalue weighted by Crippen LogP contribution is 2.34. The van der Waals surface area contributed by atoms with Crippen molar-refractivity contribution in [2.45, 2.75) is 31.9 Å². The molecule has 1 aliphatic heterocycles. The molecular formula is C17H23N3O. The van der Waals surface area contributed by atoms with E-state index in [1.54, 1.807) is 7.11 Å². The predicted octanol–water partition coefficient (Wildman–Crippen LogP) is 2.70. The van der Waals surface area contributed by atoms with Gasteiger partial charge >= 0.3 is 0 Å². The van der Waals surface area contributed by atoms with Crippen LogP contribution in [0.5, 0.6) is 0 Å². The van der Waals surface area contributed by atoms with Gasteiger partial charge in [0.05, 0.1) is 16.8 Å². The summed E-state index contributed by atoms with van der Waals surface area (Å²) in [7, 11) is 1.80. The largest absolute Gasteiger partial charge is 0.377 e. The molecule has 112 valence electrons. The lowest BCUT2D eigenvalue weighted by Crippen LogP contribution is -2.47. The molecule has 21 heavy (non-hydrogen) atoms. The number of ether oxygens (including phenoxy) is 1. The first-order valence-corrected chi connectivity index (χ1v) is 7.54. The van der Waals surface area contributed by atoms with Gasteiger partial charge in [0.2, 0.25) is 0 Å². The van der Waals surface area contributed by atoms with Gasteiger partial charge in [0.25, 0.3) is 0 Å². The van der Waals surface area contributed by atoms with Gasteiger partial charge in [0, 0.05) is 43.9 Å². The molecule has 1 fully saturated rings. The number of hydrogen-bond acceptors (Lipinski definition) is 4. The molecule has 1 aliphatic rings. The van der Waals surface area contributed by atoms with Crippen LogP contribution in [0.3, 0.4) is 0 Å². The highest BCUT2D eigenvalue weighted by Gasteiger charge is 2.32. The maximum absolute atomic E-state index is 5.95. The van der Waals surface area contributed by atoms with Crippen LogP contribution in [0.4, 0.5) is 5.69 Å². The average molecular weight is 285 g/mol. The summed E-state index contributed by atoms with van der Waals surface area (Å²) >= 11 is 0. The Kier molecular flexibility index (Phi) is 3.83. The van der Waals surface area contributed by atoms with Crippen molar-refractivity contribution in [3.05, 3.63) is 36.0 Å². The third-order valence-electron chi connectivity index (χ3n) is 4.51. The Morgan fingerprint density at radius 1 is 1.38 bits per heavy atom. The maximum atomic E-state index is 5.95. The molecule has 1 aromatic carbocycles. The molecule has 3 rings (SSSR count). The van der Waals surface area contributed by atoms with Crippen LogP contribution >= 0.6 is 0 Å². The topological polar surface area (TPSA) is 51.4 Å². The molecule has 0 amide bonds. The van der Waals surface area contributed by atoms with E-state index in [2.05, 4.69) is 35.0 Å². The quantitative estimate of drug-likeness (QED) is 0.942. The number of nitrogens with two attached hydrogens (primary N) is 1. The number of rotatable bonds is 3. The Bertz CT molecular complexity index is 643. The molecule has 0 bridgehead atoms. The summed E-state index contributed by atoms with van der Waals surface area (Å²) in [6, 6.07) is 8.28. The number of methoxy groups -OCH3 is 1. The zero-order valence-corrected chi connectivity index (χ0v) is 12.8. The minimum Gasteiger partial charge on any atom is -0.377 e. The van der Waals surface area contributed by atoms with E-state index in [0.29, 0.717) is 6.54 Å². The van der Waals surface area contributed by atoms with Gasteiger partial charge in [-0.1, -0.05) is 18.2 Å². The Balaban J connectivity index is 2.10. The Labute approximate surface area is 125 Å². The summed E-state index contributed by atoms with van der Waals surface area (Å²) in [4.78, 5) is 6.94. The fraction of sp³-hybridized carbons (Fsp3) is 0.471. The number of para-hydroxylation sites is 1. The highest BCUT2D eigenvalue weighted by molar-refractivity contribution is 5.93. The second-order valence-electron chi connectivity index (χ2n) is 6.03. The van der Waals surface area contributed by atoms with E-state index < -0.39 is 0 Å². The fourth-order valence-electron chi connectivity index (χ4n) is 3.25. The second-order valence-corrected chi connectivity index (χ2v) is 6.03. The number of benzene rings is 1. The van der Waals surface area contributed by atoms with Crippen LogP contribution in [0.2, 0.25) is 0 Å². The van der Waals surface area contributed by atoms with Gasteiger partial charge in [-0.25, -0.2) is 0 Å². The van der Waals surface area contributed by atoms with E-state index in [9.17, 15) is 0 Å². The minimum absolute atomic E-state index is 0.0888. The molecule has 2 heterocycles. The lowest BCUT2D eigenvalue weighted by atomic mass is 9.93. The third-order valence-corrected chi connectivity index (χ3v) is 4.51. The predicted molar refractivity (Wildman–Crippen MR) is 86.5 cm³/mol. The molecule has 1 saturated heterocycles. The monoisotopic (exact) mass is 285 g/mol. The summed E-state index contributed by atoms with van der Waals surface area (Å²) < 4.78 is 5.73. The fourth-order valence-corrected chi connectivity index (χ4v) is 3.25. The van der Waals surface area contributed by atoms with E-state index in [0.717, 1.165) is 37.0 Å². The van der Waals surface area contributed by atoms with Gasteiger partial charge in [-0.2, -0.15) is 0 Å². The summed E-state index contributed by atoms with van der Waals surface area (Å²) in [6.45, 7) is 4.63. The third kappa shape index (κ3) is 2.61. The normalized spacial score (nSPS) is 22.7. The van der Waals surface area contributed by atoms with Crippen LogP contribution in [-0.4, -0.2) is 30.8 Å². The van der Waals surface area contributed by atoms with E-state index in [1.165, 1.54) is 11.1 Å². The first-order valence-electron chi connectivity index (χ1n) is 7.54. The molecule has 1 atom stereocenters. The molecule has 1 aromatic heterocycles. The first-order chi connectivity index (χ1) is 10.2. The molecule has 0 spiro atoms. The van der Waals surface area contributed by atoms with Crippen molar-refractivity contribution < 1.29 is 4.74 Å². The van der Waals surface area contributed by atoms with Crippen LogP contribution in [0.15, 0.2) is 30.5 Å². The standard InChI is InChI=1S/C17H23N3O/c1-17(21-2)8-5-9-20(12-17)16-13(10-18)11-19-15-7-4-3-6-14(15)16/h3-4,6-7,11H,5,8-10,12,18H2,1-2H3. The number of anilines is 1. The Morgan fingerprint density at radius 3 is 2.95 bits per heavy atom. The molecule has 2 N–H and O–H groups in total. The van der Waals surface area contributed by atoms with Gasteiger partial charge in [-0.3, -0.25) is 4.98 Å². The van der Waals surface area contributed by atoms with Gasteiger partial charge in [0.15, 0.2) is 0 Å². The van der Waals surface area contributed by atoms with E-state index in [1.807, 2.05) is 12.3 Å². The van der Waals surface area contributed by atoms with Crippen molar-refractivity contribution in [3.63, 3.8) is 0 Å². The molecule has 1 unspecified atom stereocenters. The van der Waals surface area contributed by atoms with Crippen molar-refractivity contribution in [2.24, 2.45) is 5.73 Å². The summed E-state index contributed by atoms with van der Waals surface area (Å²) in [5.41, 5.74) is 9.22.